The van der Waals surface area contributed by atoms with Crippen molar-refractivity contribution in [2.24, 2.45) is 0 Å². The van der Waals surface area contributed by atoms with Crippen LogP contribution >= 0.6 is 0 Å². The summed E-state index contributed by atoms with van der Waals surface area (Å²) in [7, 11) is 0. The molecule has 2 heterocycles. The molecule has 2 rings (SSSR count). The van der Waals surface area contributed by atoms with E-state index in [1.165, 1.54) is 0 Å². The number of nitrogens with zero attached hydrogens (tertiary/aromatic N) is 2. The largest absolute Gasteiger partial charge is 0.345 e. The summed E-state index contributed by atoms with van der Waals surface area (Å²) in [4.78, 5) is 16.5. The number of nitrogens with one attached hydrogen (secondary N) is 1. The van der Waals surface area contributed by atoms with E-state index in [1.54, 1.807) is 4.90 Å². The number of carbonyl (C=O) groups is 1. The molecule has 0 aromatic carbocycles. The lowest BCUT2D eigenvalue weighted by Gasteiger charge is -2.34. The first-order valence-corrected chi connectivity index (χ1v) is 6.62. The molecule has 1 saturated heterocycles. The van der Waals surface area contributed by atoms with Crippen LogP contribution < -0.4 is 5.32 Å². The molecule has 0 unspecified atom stereocenters. The Labute approximate surface area is 113 Å². The summed E-state index contributed by atoms with van der Waals surface area (Å²) in [6.45, 7) is 3.88. The molecule has 19 heavy (non-hydrogen) atoms. The smallest absolute Gasteiger partial charge is 0.209 e. The van der Waals surface area contributed by atoms with E-state index >= 15 is 0 Å². The maximum absolute atomic E-state index is 14.4. The van der Waals surface area contributed by atoms with Gasteiger partial charge in [-0.1, -0.05) is 6.07 Å². The van der Waals surface area contributed by atoms with E-state index in [9.17, 15) is 9.18 Å². The van der Waals surface area contributed by atoms with Crippen LogP contribution in [0.4, 0.5) is 4.39 Å². The maximum atomic E-state index is 14.4. The number of aryl methyl sites for hydroxylation is 1. The van der Waals surface area contributed by atoms with Crippen LogP contribution in [0.2, 0.25) is 0 Å². The van der Waals surface area contributed by atoms with Crippen molar-refractivity contribution in [2.75, 3.05) is 19.6 Å². The van der Waals surface area contributed by atoms with Crippen molar-refractivity contribution in [1.82, 2.24) is 15.2 Å². The van der Waals surface area contributed by atoms with Gasteiger partial charge >= 0.3 is 0 Å². The number of halogens is 1. The van der Waals surface area contributed by atoms with Crippen LogP contribution in [0.3, 0.4) is 0 Å². The third-order valence-corrected chi connectivity index (χ3v) is 3.56. The van der Waals surface area contributed by atoms with Crippen LogP contribution in [0, 0.1) is 6.92 Å². The van der Waals surface area contributed by atoms with Gasteiger partial charge in [-0.25, -0.2) is 4.39 Å². The topological polar surface area (TPSA) is 45.2 Å². The minimum absolute atomic E-state index is 0.315. The van der Waals surface area contributed by atoms with Crippen molar-refractivity contribution < 1.29 is 9.18 Å². The molecule has 1 fully saturated rings. The highest BCUT2D eigenvalue weighted by Crippen LogP contribution is 2.25. The molecule has 1 amide bonds. The minimum Gasteiger partial charge on any atom is -0.345 e. The van der Waals surface area contributed by atoms with E-state index in [0.29, 0.717) is 39.0 Å². The van der Waals surface area contributed by atoms with Crippen LogP contribution in [-0.4, -0.2) is 41.6 Å². The van der Waals surface area contributed by atoms with E-state index in [1.807, 2.05) is 25.3 Å². The molecule has 1 aromatic heterocycles. The summed E-state index contributed by atoms with van der Waals surface area (Å²) in [5.41, 5.74) is 0.830. The lowest BCUT2D eigenvalue weighted by Crippen LogP contribution is -2.46. The Morgan fingerprint density at radius 3 is 2.79 bits per heavy atom. The highest BCUT2D eigenvalue weighted by Gasteiger charge is 2.33. The summed E-state index contributed by atoms with van der Waals surface area (Å²) in [5.74, 6) is 0. The Bertz CT molecular complexity index is 413. The van der Waals surface area contributed by atoms with Crippen LogP contribution in [0.25, 0.3) is 0 Å². The van der Waals surface area contributed by atoms with Crippen LogP contribution in [0.5, 0.6) is 0 Å². The van der Waals surface area contributed by atoms with E-state index < -0.39 is 5.67 Å². The number of carbonyl (C=O) groups excluding carboxylic acids is 1. The number of likely N-dealkylation sites (tertiary alicyclic amines) is 1. The predicted octanol–water partition coefficient (Wildman–Crippen LogP) is 1.44. The fraction of sp³-hybridized carbons (Fsp3) is 0.571. The molecule has 1 aromatic rings. The van der Waals surface area contributed by atoms with Crippen molar-refractivity contribution in [3.63, 3.8) is 0 Å². The van der Waals surface area contributed by atoms with Gasteiger partial charge in [0.25, 0.3) is 0 Å². The number of alkyl halides is 1. The summed E-state index contributed by atoms with van der Waals surface area (Å²) in [6, 6.07) is 3.94. The van der Waals surface area contributed by atoms with Crippen molar-refractivity contribution in [3.8, 4) is 0 Å². The van der Waals surface area contributed by atoms with E-state index in [2.05, 4.69) is 10.3 Å². The first-order valence-electron chi connectivity index (χ1n) is 6.62. The van der Waals surface area contributed by atoms with Gasteiger partial charge in [0.1, 0.15) is 5.67 Å². The van der Waals surface area contributed by atoms with Crippen molar-refractivity contribution in [1.29, 1.82) is 0 Å². The second-order valence-electron chi connectivity index (χ2n) is 5.22. The maximum Gasteiger partial charge on any atom is 0.209 e. The molecule has 1 aliphatic rings. The molecule has 4 nitrogen and oxygen atoms in total. The summed E-state index contributed by atoms with van der Waals surface area (Å²) in [5, 5.41) is 3.12. The lowest BCUT2D eigenvalue weighted by molar-refractivity contribution is -0.120. The normalized spacial score (nSPS) is 18.3. The Kier molecular flexibility index (Phi) is 4.47. The van der Waals surface area contributed by atoms with Crippen LogP contribution in [0.1, 0.15) is 24.1 Å². The van der Waals surface area contributed by atoms with Crippen LogP contribution in [0.15, 0.2) is 18.3 Å². The number of pyridine rings is 1. The molecule has 5 heteroatoms. The van der Waals surface area contributed by atoms with Gasteiger partial charge in [0.2, 0.25) is 6.41 Å². The Morgan fingerprint density at radius 2 is 2.21 bits per heavy atom. The molecular formula is C14H20FN3O. The number of piperidine rings is 1. The second-order valence-corrected chi connectivity index (χ2v) is 5.22. The Hall–Kier alpha value is -1.49. The predicted molar refractivity (Wildman–Crippen MR) is 71.4 cm³/mol. The summed E-state index contributed by atoms with van der Waals surface area (Å²) >= 11 is 0. The third-order valence-electron chi connectivity index (χ3n) is 3.56. The number of hydrogen-bond donors (Lipinski definition) is 1. The van der Waals surface area contributed by atoms with E-state index in [0.717, 1.165) is 17.7 Å². The fourth-order valence-corrected chi connectivity index (χ4v) is 2.22. The average molecular weight is 265 g/mol. The first kappa shape index (κ1) is 13.9. The van der Waals surface area contributed by atoms with Crippen molar-refractivity contribution >= 4 is 6.41 Å². The zero-order valence-electron chi connectivity index (χ0n) is 11.2. The lowest BCUT2D eigenvalue weighted by atomic mass is 9.93. The van der Waals surface area contributed by atoms with Crippen LogP contribution in [-0.2, 0) is 11.3 Å². The Morgan fingerprint density at radius 1 is 1.47 bits per heavy atom. The average Bonchev–Trinajstić information content (AvgIpc) is 2.42. The van der Waals surface area contributed by atoms with Gasteiger partial charge in [0.15, 0.2) is 0 Å². The highest BCUT2D eigenvalue weighted by atomic mass is 19.1. The fourth-order valence-electron chi connectivity index (χ4n) is 2.22. The molecule has 0 bridgehead atoms. The van der Waals surface area contributed by atoms with E-state index in [4.69, 9.17) is 0 Å². The molecule has 0 atom stereocenters. The monoisotopic (exact) mass is 265 g/mol. The molecule has 0 spiro atoms. The molecular weight excluding hydrogens is 245 g/mol. The second kappa shape index (κ2) is 6.10. The van der Waals surface area contributed by atoms with Gasteiger partial charge in [0.05, 0.1) is 5.69 Å². The van der Waals surface area contributed by atoms with Crippen molar-refractivity contribution in [2.45, 2.75) is 32.0 Å². The molecule has 0 aliphatic carbocycles. The number of aromatic nitrogens is 1. The van der Waals surface area contributed by atoms with Crippen molar-refractivity contribution in [3.05, 3.63) is 29.6 Å². The highest BCUT2D eigenvalue weighted by molar-refractivity contribution is 5.47. The zero-order chi connectivity index (χ0) is 13.7. The number of rotatable bonds is 5. The molecule has 1 aliphatic heterocycles. The summed E-state index contributed by atoms with van der Waals surface area (Å²) in [6.07, 6.45) is 3.41. The zero-order valence-corrected chi connectivity index (χ0v) is 11.2. The molecule has 0 radical (unpaired) electrons. The van der Waals surface area contributed by atoms with Gasteiger partial charge in [-0.2, -0.15) is 0 Å². The molecule has 1 N–H and O–H groups in total. The van der Waals surface area contributed by atoms with Gasteiger partial charge in [-0.05, 0) is 18.6 Å². The van der Waals surface area contributed by atoms with Gasteiger partial charge in [-0.15, -0.1) is 0 Å². The summed E-state index contributed by atoms with van der Waals surface area (Å²) < 4.78 is 14.4. The van der Waals surface area contributed by atoms with Gasteiger partial charge in [-0.3, -0.25) is 9.78 Å². The third kappa shape index (κ3) is 3.99. The van der Waals surface area contributed by atoms with E-state index in [-0.39, 0.29) is 0 Å². The number of amides is 1. The SMILES string of the molecule is Cc1ccc(CNCC2(F)CCN(C=O)CC2)nc1. The molecule has 104 valence electrons. The van der Waals surface area contributed by atoms with Gasteiger partial charge in [0, 0.05) is 45.2 Å². The quantitative estimate of drug-likeness (QED) is 0.819. The molecule has 0 saturated carbocycles. The Balaban J connectivity index is 1.76. The van der Waals surface area contributed by atoms with Gasteiger partial charge < -0.3 is 10.2 Å². The standard InChI is InChI=1S/C14H20FN3O/c1-12-2-3-13(17-8-12)9-16-10-14(15)4-6-18(11-19)7-5-14/h2-3,8,11,16H,4-7,9-10H2,1H3. The minimum atomic E-state index is -1.20. The number of hydrogen-bond acceptors (Lipinski definition) is 3. The first-order chi connectivity index (χ1) is 9.11.